The molecule has 2 rings (SSSR count). The van der Waals surface area contributed by atoms with Crippen molar-refractivity contribution in [2.45, 2.75) is 13.8 Å². The second-order valence-electron chi connectivity index (χ2n) is 6.43. The monoisotopic (exact) mass is 345 g/mol. The van der Waals surface area contributed by atoms with E-state index >= 15 is 0 Å². The lowest BCUT2D eigenvalue weighted by atomic mass is 10.1. The summed E-state index contributed by atoms with van der Waals surface area (Å²) in [5.74, 6) is 0.741. The molecule has 8 nitrogen and oxygen atoms in total. The molecule has 3 amide bonds. The lowest BCUT2D eigenvalue weighted by Gasteiger charge is -2.15. The van der Waals surface area contributed by atoms with Crippen LogP contribution in [0.15, 0.2) is 11.8 Å². The van der Waals surface area contributed by atoms with E-state index in [1.54, 1.807) is 6.08 Å². The molecule has 1 heterocycles. The van der Waals surface area contributed by atoms with Gasteiger partial charge in [-0.2, -0.15) is 5.26 Å². The Hall–Kier alpha value is -3.00. The number of amides is 3. The smallest absolute Gasteiger partial charge is 0.330 e. The number of ether oxygens (including phenoxy) is 2. The van der Waals surface area contributed by atoms with Crippen LogP contribution >= 0.6 is 0 Å². The maximum Gasteiger partial charge on any atom is 0.330 e. The van der Waals surface area contributed by atoms with Crippen molar-refractivity contribution in [3.05, 3.63) is 11.8 Å². The van der Waals surface area contributed by atoms with Gasteiger partial charge in [0.2, 0.25) is 0 Å². The van der Waals surface area contributed by atoms with Crippen LogP contribution in [0.3, 0.4) is 0 Å². The van der Waals surface area contributed by atoms with E-state index < -0.39 is 36.0 Å². The lowest BCUT2D eigenvalue weighted by Crippen LogP contribution is -2.36. The lowest BCUT2D eigenvalue weighted by molar-refractivity contribution is -0.151. The third kappa shape index (κ3) is 3.43. The number of carbonyl (C=O) groups is 3. The summed E-state index contributed by atoms with van der Waals surface area (Å²) < 4.78 is 10.1. The molecule has 8 heteroatoms. The molecule has 0 unspecified atom stereocenters. The van der Waals surface area contributed by atoms with E-state index in [2.05, 4.69) is 5.92 Å². The predicted molar refractivity (Wildman–Crippen MR) is 85.1 cm³/mol. The average Bonchev–Trinajstić information content (AvgIpc) is 3.00. The van der Waals surface area contributed by atoms with Crippen LogP contribution in [0, 0.1) is 40.9 Å². The summed E-state index contributed by atoms with van der Waals surface area (Å²) in [5.41, 5.74) is -0.397. The molecule has 0 spiro atoms. The molecule has 2 atom stereocenters. The number of carbonyl (C=O) groups excluding carboxylic acids is 3. The Labute approximate surface area is 146 Å². The van der Waals surface area contributed by atoms with Gasteiger partial charge in [-0.1, -0.05) is 19.8 Å². The highest BCUT2D eigenvalue weighted by Crippen LogP contribution is 2.59. The first-order chi connectivity index (χ1) is 11.8. The molecule has 1 saturated heterocycles. The summed E-state index contributed by atoms with van der Waals surface area (Å²) in [6.45, 7) is 3.18. The number of rotatable bonds is 6. The number of methoxy groups -OCH3 is 1. The fourth-order valence-electron chi connectivity index (χ4n) is 2.93. The Morgan fingerprint density at radius 3 is 2.72 bits per heavy atom. The topological polar surface area (TPSA) is 99.9 Å². The van der Waals surface area contributed by atoms with Gasteiger partial charge in [0.1, 0.15) is 12.6 Å². The summed E-state index contributed by atoms with van der Waals surface area (Å²) in [7, 11) is 1.38. The average molecular weight is 345 g/mol. The summed E-state index contributed by atoms with van der Waals surface area (Å²) >= 11 is 0. The minimum Gasteiger partial charge on any atom is -0.487 e. The fraction of sp³-hybridized carbons (Fsp3) is 0.529. The van der Waals surface area contributed by atoms with Crippen LogP contribution in [0.5, 0.6) is 0 Å². The van der Waals surface area contributed by atoms with Gasteiger partial charge in [-0.3, -0.25) is 9.59 Å². The Balaban J connectivity index is 1.96. The van der Waals surface area contributed by atoms with Gasteiger partial charge in [0, 0.05) is 5.92 Å². The number of nitriles is 1. The minimum atomic E-state index is -0.576. The third-order valence-corrected chi connectivity index (χ3v) is 4.57. The summed E-state index contributed by atoms with van der Waals surface area (Å²) in [6, 6.07) is 1.32. The molecule has 0 bridgehead atoms. The standard InChI is InChI=1S/C17H19N3O5/c1-5-6-19-9-13(21)20(16(19)23)10-25-15(22)14-12(17(14,2)3)7-11(8-18)24-4/h1,7,12,14H,6,9-10H2,2-4H3/t12-,14+/m1/s1. The molecule has 132 valence electrons. The van der Waals surface area contributed by atoms with Crippen LogP contribution in [0.25, 0.3) is 0 Å². The minimum absolute atomic E-state index is 0.0193. The molecule has 0 N–H and O–H groups in total. The highest BCUT2D eigenvalue weighted by molar-refractivity contribution is 6.02. The second-order valence-corrected chi connectivity index (χ2v) is 6.43. The third-order valence-electron chi connectivity index (χ3n) is 4.57. The number of hydrogen-bond donors (Lipinski definition) is 0. The van der Waals surface area contributed by atoms with E-state index in [1.165, 1.54) is 12.0 Å². The number of imide groups is 1. The normalized spacial score (nSPS) is 24.6. The Morgan fingerprint density at radius 1 is 1.48 bits per heavy atom. The molecular weight excluding hydrogens is 326 g/mol. The number of terminal acetylenes is 1. The molecule has 0 aromatic carbocycles. The largest absolute Gasteiger partial charge is 0.487 e. The molecule has 1 aliphatic heterocycles. The number of nitrogens with zero attached hydrogens (tertiary/aromatic N) is 3. The first kappa shape index (κ1) is 18.3. The Kier molecular flexibility index (Phi) is 5.03. The zero-order chi connectivity index (χ0) is 18.8. The zero-order valence-corrected chi connectivity index (χ0v) is 14.3. The van der Waals surface area contributed by atoms with Crippen LogP contribution in [0.1, 0.15) is 13.8 Å². The molecule has 0 aromatic heterocycles. The van der Waals surface area contributed by atoms with Crippen molar-refractivity contribution < 1.29 is 23.9 Å². The van der Waals surface area contributed by atoms with Crippen molar-refractivity contribution in [3.63, 3.8) is 0 Å². The highest BCUT2D eigenvalue weighted by atomic mass is 16.5. The summed E-state index contributed by atoms with van der Waals surface area (Å²) in [5, 5.41) is 8.91. The van der Waals surface area contributed by atoms with Gasteiger partial charge in [0.15, 0.2) is 12.5 Å². The van der Waals surface area contributed by atoms with E-state index in [1.807, 2.05) is 19.9 Å². The molecule has 0 aromatic rings. The number of allylic oxidation sites excluding steroid dienone is 2. The van der Waals surface area contributed by atoms with Gasteiger partial charge in [-0.25, -0.2) is 9.69 Å². The number of urea groups is 1. The Morgan fingerprint density at radius 2 is 2.16 bits per heavy atom. The highest BCUT2D eigenvalue weighted by Gasteiger charge is 2.62. The van der Waals surface area contributed by atoms with Gasteiger partial charge in [-0.05, 0) is 11.5 Å². The first-order valence-electron chi connectivity index (χ1n) is 7.63. The molecule has 1 saturated carbocycles. The predicted octanol–water partition coefficient (Wildman–Crippen LogP) is 0.711. The fourth-order valence-corrected chi connectivity index (χ4v) is 2.93. The maximum atomic E-state index is 12.3. The van der Waals surface area contributed by atoms with Crippen LogP contribution < -0.4 is 0 Å². The number of esters is 1. The van der Waals surface area contributed by atoms with Crippen LogP contribution in [-0.4, -0.2) is 54.6 Å². The van der Waals surface area contributed by atoms with Crippen molar-refractivity contribution in [2.24, 2.45) is 17.3 Å². The quantitative estimate of drug-likeness (QED) is 0.231. The van der Waals surface area contributed by atoms with Crippen molar-refractivity contribution in [1.82, 2.24) is 9.80 Å². The van der Waals surface area contributed by atoms with Crippen molar-refractivity contribution in [3.8, 4) is 18.4 Å². The van der Waals surface area contributed by atoms with E-state index in [9.17, 15) is 14.4 Å². The Bertz CT molecular complexity index is 713. The van der Waals surface area contributed by atoms with Crippen molar-refractivity contribution in [2.75, 3.05) is 26.9 Å². The van der Waals surface area contributed by atoms with Gasteiger partial charge >= 0.3 is 12.0 Å². The molecule has 0 radical (unpaired) electrons. The zero-order valence-electron chi connectivity index (χ0n) is 14.3. The van der Waals surface area contributed by atoms with E-state index in [0.717, 1.165) is 4.90 Å². The van der Waals surface area contributed by atoms with E-state index in [-0.39, 0.29) is 24.8 Å². The summed E-state index contributed by atoms with van der Waals surface area (Å²) in [4.78, 5) is 38.2. The first-order valence-corrected chi connectivity index (χ1v) is 7.63. The molecule has 1 aliphatic carbocycles. The van der Waals surface area contributed by atoms with Crippen LogP contribution in [0.2, 0.25) is 0 Å². The van der Waals surface area contributed by atoms with E-state index in [0.29, 0.717) is 0 Å². The summed E-state index contributed by atoms with van der Waals surface area (Å²) in [6.07, 6.45) is 6.73. The molecule has 25 heavy (non-hydrogen) atoms. The molecule has 2 fully saturated rings. The van der Waals surface area contributed by atoms with Crippen LogP contribution in [-0.2, 0) is 19.1 Å². The SMILES string of the molecule is C#CCN1CC(=O)N(COC(=O)[C@@H]2[C@@H](C=C(C#N)OC)C2(C)C)C1=O. The van der Waals surface area contributed by atoms with Gasteiger partial charge in [0.25, 0.3) is 5.91 Å². The van der Waals surface area contributed by atoms with Gasteiger partial charge in [0.05, 0.1) is 19.6 Å². The van der Waals surface area contributed by atoms with Crippen molar-refractivity contribution >= 4 is 17.9 Å². The van der Waals surface area contributed by atoms with E-state index in [4.69, 9.17) is 21.2 Å². The van der Waals surface area contributed by atoms with Gasteiger partial charge in [-0.15, -0.1) is 6.42 Å². The second kappa shape index (κ2) is 6.86. The maximum absolute atomic E-state index is 12.3. The number of hydrogen-bond acceptors (Lipinski definition) is 6. The molecular formula is C17H19N3O5. The molecule has 2 aliphatic rings. The van der Waals surface area contributed by atoms with Gasteiger partial charge < -0.3 is 14.4 Å². The van der Waals surface area contributed by atoms with Crippen LogP contribution in [0.4, 0.5) is 4.79 Å². The van der Waals surface area contributed by atoms with Crippen molar-refractivity contribution in [1.29, 1.82) is 5.26 Å².